The lowest BCUT2D eigenvalue weighted by molar-refractivity contribution is 0.300. The van der Waals surface area contributed by atoms with Gasteiger partial charge in [-0.15, -0.1) is 12.4 Å². The molecule has 0 radical (unpaired) electrons. The topological polar surface area (TPSA) is 48.0 Å². The summed E-state index contributed by atoms with van der Waals surface area (Å²) >= 11 is 0. The quantitative estimate of drug-likeness (QED) is 0.818. The minimum Gasteiger partial charge on any atom is -0.321 e. The summed E-state index contributed by atoms with van der Waals surface area (Å²) in [5.41, 5.74) is 7.31. The second kappa shape index (κ2) is 5.02. The van der Waals surface area contributed by atoms with E-state index in [0.717, 1.165) is 18.4 Å². The summed E-state index contributed by atoms with van der Waals surface area (Å²) in [4.78, 5) is 11.3. The first-order chi connectivity index (χ1) is 7.12. The molecular weight excluding hydrogens is 224 g/mol. The van der Waals surface area contributed by atoms with E-state index in [-0.39, 0.29) is 23.5 Å². The maximum absolute atomic E-state index is 11.3. The number of nitrogens with zero attached hydrogens (tertiary/aromatic N) is 1. The van der Waals surface area contributed by atoms with Gasteiger partial charge in [0.05, 0.1) is 0 Å². The van der Waals surface area contributed by atoms with Gasteiger partial charge >= 0.3 is 0 Å². The Bertz CT molecular complexity index is 408. The average molecular weight is 243 g/mol. The van der Waals surface area contributed by atoms with E-state index in [1.165, 1.54) is 19.3 Å². The van der Waals surface area contributed by atoms with Gasteiger partial charge in [-0.25, -0.2) is 0 Å². The highest BCUT2D eigenvalue weighted by Crippen LogP contribution is 2.33. The molecule has 0 aliphatic heterocycles. The number of rotatable bonds is 1. The van der Waals surface area contributed by atoms with Crippen LogP contribution in [0.3, 0.4) is 0 Å². The molecule has 90 valence electrons. The summed E-state index contributed by atoms with van der Waals surface area (Å²) in [7, 11) is 1.78. The third-order valence-electron chi connectivity index (χ3n) is 3.41. The van der Waals surface area contributed by atoms with E-state index in [2.05, 4.69) is 0 Å². The average Bonchev–Trinajstić information content (AvgIpc) is 2.23. The molecule has 0 amide bonds. The van der Waals surface area contributed by atoms with E-state index >= 15 is 0 Å². The Morgan fingerprint density at radius 1 is 1.25 bits per heavy atom. The first-order valence-corrected chi connectivity index (χ1v) is 5.58. The Labute approximate surface area is 102 Å². The summed E-state index contributed by atoms with van der Waals surface area (Å²) in [6, 6.07) is 3.49. The van der Waals surface area contributed by atoms with Crippen molar-refractivity contribution in [3.8, 4) is 0 Å². The van der Waals surface area contributed by atoms with Crippen molar-refractivity contribution in [3.05, 3.63) is 34.2 Å². The van der Waals surface area contributed by atoms with Crippen LogP contribution in [0.25, 0.3) is 0 Å². The molecule has 0 atom stereocenters. The van der Waals surface area contributed by atoms with Crippen LogP contribution in [0.5, 0.6) is 0 Å². The molecular formula is C12H19ClN2O. The highest BCUT2D eigenvalue weighted by Gasteiger charge is 2.29. The van der Waals surface area contributed by atoms with E-state index in [1.54, 1.807) is 17.7 Å². The molecule has 1 aliphatic rings. The molecule has 0 bridgehead atoms. The van der Waals surface area contributed by atoms with Crippen LogP contribution >= 0.6 is 12.4 Å². The van der Waals surface area contributed by atoms with Crippen molar-refractivity contribution < 1.29 is 0 Å². The molecule has 3 nitrogen and oxygen atoms in total. The van der Waals surface area contributed by atoms with E-state index in [1.807, 2.05) is 12.3 Å². The van der Waals surface area contributed by atoms with Crippen LogP contribution < -0.4 is 11.3 Å². The fourth-order valence-electron chi connectivity index (χ4n) is 2.36. The molecule has 1 saturated carbocycles. The van der Waals surface area contributed by atoms with Crippen LogP contribution in [0.2, 0.25) is 0 Å². The lowest BCUT2D eigenvalue weighted by atomic mass is 9.78. The van der Waals surface area contributed by atoms with Gasteiger partial charge in [-0.2, -0.15) is 0 Å². The third kappa shape index (κ3) is 2.47. The van der Waals surface area contributed by atoms with Crippen LogP contribution in [-0.4, -0.2) is 4.57 Å². The Morgan fingerprint density at radius 2 is 1.88 bits per heavy atom. The summed E-state index contributed by atoms with van der Waals surface area (Å²) < 4.78 is 1.61. The smallest absolute Gasteiger partial charge is 0.250 e. The Hall–Kier alpha value is -0.800. The third-order valence-corrected chi connectivity index (χ3v) is 3.41. The van der Waals surface area contributed by atoms with E-state index in [9.17, 15) is 4.79 Å². The fraction of sp³-hybridized carbons (Fsp3) is 0.583. The second-order valence-corrected chi connectivity index (χ2v) is 4.58. The molecule has 2 N–H and O–H groups in total. The predicted octanol–water partition coefficient (Wildman–Crippen LogP) is 1.93. The zero-order valence-corrected chi connectivity index (χ0v) is 10.4. The molecule has 0 spiro atoms. The van der Waals surface area contributed by atoms with E-state index < -0.39 is 0 Å². The van der Waals surface area contributed by atoms with Crippen molar-refractivity contribution in [1.82, 2.24) is 4.57 Å². The standard InChI is InChI=1S/C12H18N2O.ClH/c1-14-9-10(5-6-11(14)15)12(13)7-3-2-4-8-12;/h5-6,9H,2-4,7-8,13H2,1H3;1H. The number of aromatic nitrogens is 1. The van der Waals surface area contributed by atoms with E-state index in [4.69, 9.17) is 5.73 Å². The molecule has 1 aromatic rings. The first kappa shape index (κ1) is 13.3. The zero-order chi connectivity index (χ0) is 10.9. The normalized spacial score (nSPS) is 18.9. The van der Waals surface area contributed by atoms with Gasteiger partial charge in [0.25, 0.3) is 0 Å². The fourth-order valence-corrected chi connectivity index (χ4v) is 2.36. The van der Waals surface area contributed by atoms with Crippen molar-refractivity contribution in [3.63, 3.8) is 0 Å². The maximum atomic E-state index is 11.3. The van der Waals surface area contributed by atoms with Gasteiger partial charge in [0.15, 0.2) is 0 Å². The second-order valence-electron chi connectivity index (χ2n) is 4.58. The minimum absolute atomic E-state index is 0. The van der Waals surface area contributed by atoms with Crippen molar-refractivity contribution >= 4 is 12.4 Å². The lowest BCUT2D eigenvalue weighted by Crippen LogP contribution is -2.39. The molecule has 0 unspecified atom stereocenters. The van der Waals surface area contributed by atoms with Gasteiger partial charge in [-0.1, -0.05) is 25.3 Å². The maximum Gasteiger partial charge on any atom is 0.250 e. The zero-order valence-electron chi connectivity index (χ0n) is 9.61. The van der Waals surface area contributed by atoms with Crippen molar-refractivity contribution in [1.29, 1.82) is 0 Å². The van der Waals surface area contributed by atoms with Gasteiger partial charge in [0.1, 0.15) is 0 Å². The molecule has 1 fully saturated rings. The van der Waals surface area contributed by atoms with E-state index in [0.29, 0.717) is 0 Å². The Kier molecular flexibility index (Phi) is 4.16. The van der Waals surface area contributed by atoms with Crippen LogP contribution in [0.1, 0.15) is 37.7 Å². The SMILES string of the molecule is Cl.Cn1cc(C2(N)CCCCC2)ccc1=O. The van der Waals surface area contributed by atoms with Crippen LogP contribution in [0.15, 0.2) is 23.1 Å². The molecule has 1 aliphatic carbocycles. The molecule has 1 heterocycles. The number of pyridine rings is 1. The van der Waals surface area contributed by atoms with Gasteiger partial charge in [-0.3, -0.25) is 4.79 Å². The van der Waals surface area contributed by atoms with Crippen molar-refractivity contribution in [2.24, 2.45) is 12.8 Å². The predicted molar refractivity (Wildman–Crippen MR) is 67.9 cm³/mol. The number of aryl methyl sites for hydroxylation is 1. The van der Waals surface area contributed by atoms with Gasteiger partial charge < -0.3 is 10.3 Å². The molecule has 0 saturated heterocycles. The van der Waals surface area contributed by atoms with Crippen LogP contribution in [0.4, 0.5) is 0 Å². The monoisotopic (exact) mass is 242 g/mol. The van der Waals surface area contributed by atoms with Crippen LogP contribution in [0, 0.1) is 0 Å². The van der Waals surface area contributed by atoms with Gasteiger partial charge in [0.2, 0.25) is 5.56 Å². The summed E-state index contributed by atoms with van der Waals surface area (Å²) in [6.45, 7) is 0. The molecule has 2 rings (SSSR count). The molecule has 4 heteroatoms. The van der Waals surface area contributed by atoms with Crippen LogP contribution in [-0.2, 0) is 12.6 Å². The Balaban J connectivity index is 0.00000128. The van der Waals surface area contributed by atoms with Gasteiger partial charge in [0, 0.05) is 24.8 Å². The highest BCUT2D eigenvalue weighted by atomic mass is 35.5. The Morgan fingerprint density at radius 3 is 2.44 bits per heavy atom. The largest absolute Gasteiger partial charge is 0.321 e. The molecule has 1 aromatic heterocycles. The van der Waals surface area contributed by atoms with Gasteiger partial charge in [-0.05, 0) is 18.4 Å². The summed E-state index contributed by atoms with van der Waals surface area (Å²) in [5.74, 6) is 0. The van der Waals surface area contributed by atoms with Crippen molar-refractivity contribution in [2.45, 2.75) is 37.6 Å². The van der Waals surface area contributed by atoms with Crippen molar-refractivity contribution in [2.75, 3.05) is 0 Å². The minimum atomic E-state index is -0.205. The number of hydrogen-bond donors (Lipinski definition) is 1. The lowest BCUT2D eigenvalue weighted by Gasteiger charge is -2.33. The summed E-state index contributed by atoms with van der Waals surface area (Å²) in [5, 5.41) is 0. The summed E-state index contributed by atoms with van der Waals surface area (Å²) in [6.07, 6.45) is 7.62. The number of halogens is 1. The first-order valence-electron chi connectivity index (χ1n) is 5.58. The molecule has 16 heavy (non-hydrogen) atoms. The molecule has 0 aromatic carbocycles. The number of nitrogens with two attached hydrogens (primary N) is 1. The number of hydrogen-bond acceptors (Lipinski definition) is 2. The highest BCUT2D eigenvalue weighted by molar-refractivity contribution is 5.85.